The average molecular weight is 348 g/mol. The van der Waals surface area contributed by atoms with Crippen molar-refractivity contribution in [2.75, 3.05) is 5.32 Å². The highest BCUT2D eigenvalue weighted by Gasteiger charge is 2.30. The molecule has 1 amide bonds. The Morgan fingerprint density at radius 3 is 2.23 bits per heavy atom. The van der Waals surface area contributed by atoms with E-state index in [0.29, 0.717) is 5.02 Å². The molecule has 0 aliphatic carbocycles. The molecule has 0 radical (unpaired) electrons. The minimum Gasteiger partial charge on any atom is -0.324 e. The third-order valence-corrected chi connectivity index (χ3v) is 3.41. The molecule has 0 spiro atoms. The lowest BCUT2D eigenvalue weighted by atomic mass is 10.1. The van der Waals surface area contributed by atoms with Gasteiger partial charge in [-0.15, -0.1) is 0 Å². The maximum atomic E-state index is 12.5. The van der Waals surface area contributed by atoms with Crippen molar-refractivity contribution in [2.45, 2.75) is 12.6 Å². The van der Waals surface area contributed by atoms with Crippen molar-refractivity contribution in [3.8, 4) is 0 Å². The Morgan fingerprint density at radius 2 is 1.68 bits per heavy atom. The Balaban J connectivity index is 2.07. The highest BCUT2D eigenvalue weighted by molar-refractivity contribution is 6.33. The predicted molar refractivity (Wildman–Crippen MR) is 80.2 cm³/mol. The number of hydrogen-bond donors (Lipinski definition) is 1. The summed E-state index contributed by atoms with van der Waals surface area (Å²) in [6.07, 6.45) is -4.41. The molecule has 0 unspecified atom stereocenters. The third kappa shape index (κ3) is 4.39. The van der Waals surface area contributed by atoms with E-state index in [1.807, 2.05) is 0 Å². The number of alkyl halides is 3. The number of carbonyl (C=O) groups is 1. The van der Waals surface area contributed by atoms with Crippen LogP contribution in [0.5, 0.6) is 0 Å². The molecule has 1 N–H and O–H groups in total. The molecule has 0 aromatic heterocycles. The third-order valence-electron chi connectivity index (χ3n) is 2.85. The molecule has 2 aromatic carbocycles. The van der Waals surface area contributed by atoms with Gasteiger partial charge in [0.25, 0.3) is 0 Å². The molecular formula is C15H10Cl2F3NO. The van der Waals surface area contributed by atoms with Gasteiger partial charge in [0.05, 0.1) is 22.7 Å². The molecule has 2 nitrogen and oxygen atoms in total. The molecule has 0 saturated heterocycles. The normalized spacial score (nSPS) is 11.3. The Kier molecular flexibility index (Phi) is 4.98. The molecule has 7 heteroatoms. The molecular weight excluding hydrogens is 338 g/mol. The second-order valence-electron chi connectivity index (χ2n) is 4.54. The van der Waals surface area contributed by atoms with Crippen molar-refractivity contribution in [2.24, 2.45) is 0 Å². The number of halogens is 5. The van der Waals surface area contributed by atoms with E-state index < -0.39 is 11.7 Å². The van der Waals surface area contributed by atoms with Crippen LogP contribution in [0, 0.1) is 0 Å². The molecule has 0 heterocycles. The first-order chi connectivity index (χ1) is 10.3. The van der Waals surface area contributed by atoms with E-state index in [2.05, 4.69) is 5.32 Å². The molecule has 0 bridgehead atoms. The average Bonchev–Trinajstić information content (AvgIpc) is 2.42. The molecule has 2 aromatic rings. The summed E-state index contributed by atoms with van der Waals surface area (Å²) in [5.74, 6) is -0.385. The quantitative estimate of drug-likeness (QED) is 0.812. The van der Waals surface area contributed by atoms with E-state index in [4.69, 9.17) is 23.2 Å². The van der Waals surface area contributed by atoms with E-state index in [9.17, 15) is 18.0 Å². The number of amides is 1. The summed E-state index contributed by atoms with van der Waals surface area (Å²) in [5, 5.41) is 2.86. The van der Waals surface area contributed by atoms with Crippen molar-refractivity contribution < 1.29 is 18.0 Å². The molecule has 0 saturated carbocycles. The van der Waals surface area contributed by atoms with Crippen LogP contribution in [-0.4, -0.2) is 5.91 Å². The largest absolute Gasteiger partial charge is 0.416 e. The highest BCUT2D eigenvalue weighted by atomic mass is 35.5. The molecule has 0 aliphatic heterocycles. The van der Waals surface area contributed by atoms with E-state index in [0.717, 1.165) is 23.8 Å². The second-order valence-corrected chi connectivity index (χ2v) is 5.39. The summed E-state index contributed by atoms with van der Waals surface area (Å²) in [7, 11) is 0. The number of rotatable bonds is 3. The molecule has 22 heavy (non-hydrogen) atoms. The van der Waals surface area contributed by atoms with Gasteiger partial charge in [0, 0.05) is 5.02 Å². The standard InChI is InChI=1S/C15H10Cl2F3NO/c16-11-4-1-9(2-5-11)7-14(22)21-13-6-3-10(8-12(13)17)15(18,19)20/h1-6,8H,7H2,(H,21,22). The number of nitrogens with one attached hydrogen (secondary N) is 1. The van der Waals surface area contributed by atoms with Crippen LogP contribution in [0.2, 0.25) is 10.0 Å². The number of hydrogen-bond acceptors (Lipinski definition) is 1. The summed E-state index contributed by atoms with van der Waals surface area (Å²) in [5.41, 5.74) is -0.00763. The predicted octanol–water partition coefficient (Wildman–Crippen LogP) is 5.19. The summed E-state index contributed by atoms with van der Waals surface area (Å²) < 4.78 is 37.6. The van der Waals surface area contributed by atoms with Gasteiger partial charge in [-0.05, 0) is 35.9 Å². The molecule has 0 fully saturated rings. The van der Waals surface area contributed by atoms with Crippen LogP contribution in [0.3, 0.4) is 0 Å². The molecule has 116 valence electrons. The Labute approximate surface area is 134 Å². The van der Waals surface area contributed by atoms with Gasteiger partial charge in [-0.3, -0.25) is 4.79 Å². The lowest BCUT2D eigenvalue weighted by Crippen LogP contribution is -2.15. The van der Waals surface area contributed by atoms with Gasteiger partial charge >= 0.3 is 6.18 Å². The van der Waals surface area contributed by atoms with Gasteiger partial charge in [0.15, 0.2) is 0 Å². The monoisotopic (exact) mass is 347 g/mol. The van der Waals surface area contributed by atoms with Crippen LogP contribution in [0.1, 0.15) is 11.1 Å². The summed E-state index contributed by atoms with van der Waals surface area (Å²) in [6.45, 7) is 0. The second kappa shape index (κ2) is 6.58. The van der Waals surface area contributed by atoms with Gasteiger partial charge in [-0.25, -0.2) is 0 Å². The van der Waals surface area contributed by atoms with Gasteiger partial charge in [0.2, 0.25) is 5.91 Å². The van der Waals surface area contributed by atoms with Crippen molar-refractivity contribution in [1.29, 1.82) is 0 Å². The van der Waals surface area contributed by atoms with Gasteiger partial charge < -0.3 is 5.32 Å². The van der Waals surface area contributed by atoms with Crippen molar-refractivity contribution >= 4 is 34.8 Å². The first kappa shape index (κ1) is 16.6. The minimum atomic E-state index is -4.48. The Morgan fingerprint density at radius 1 is 1.05 bits per heavy atom. The summed E-state index contributed by atoms with van der Waals surface area (Å²) in [4.78, 5) is 11.9. The van der Waals surface area contributed by atoms with E-state index >= 15 is 0 Å². The molecule has 0 atom stereocenters. The van der Waals surface area contributed by atoms with Crippen LogP contribution in [0.15, 0.2) is 42.5 Å². The maximum Gasteiger partial charge on any atom is 0.416 e. The summed E-state index contributed by atoms with van der Waals surface area (Å²) in [6, 6.07) is 9.45. The minimum absolute atomic E-state index is 0.0640. The van der Waals surface area contributed by atoms with Crippen LogP contribution < -0.4 is 5.32 Å². The van der Waals surface area contributed by atoms with E-state index in [-0.39, 0.29) is 23.0 Å². The van der Waals surface area contributed by atoms with Gasteiger partial charge in [-0.1, -0.05) is 35.3 Å². The lowest BCUT2D eigenvalue weighted by molar-refractivity contribution is -0.137. The SMILES string of the molecule is O=C(Cc1ccc(Cl)cc1)Nc1ccc(C(F)(F)F)cc1Cl. The zero-order chi connectivity index (χ0) is 16.3. The number of anilines is 1. The highest BCUT2D eigenvalue weighted by Crippen LogP contribution is 2.33. The van der Waals surface area contributed by atoms with Gasteiger partial charge in [0.1, 0.15) is 0 Å². The van der Waals surface area contributed by atoms with E-state index in [1.54, 1.807) is 24.3 Å². The Bertz CT molecular complexity index is 684. The maximum absolute atomic E-state index is 12.5. The van der Waals surface area contributed by atoms with Crippen molar-refractivity contribution in [1.82, 2.24) is 0 Å². The fourth-order valence-electron chi connectivity index (χ4n) is 1.77. The smallest absolute Gasteiger partial charge is 0.324 e. The Hall–Kier alpha value is -1.72. The fraction of sp³-hybridized carbons (Fsp3) is 0.133. The zero-order valence-electron chi connectivity index (χ0n) is 11.0. The van der Waals surface area contributed by atoms with Crippen molar-refractivity contribution in [3.05, 3.63) is 63.6 Å². The molecule has 2 rings (SSSR count). The topological polar surface area (TPSA) is 29.1 Å². The fourth-order valence-corrected chi connectivity index (χ4v) is 2.13. The van der Waals surface area contributed by atoms with Gasteiger partial charge in [-0.2, -0.15) is 13.2 Å². The van der Waals surface area contributed by atoms with Crippen LogP contribution in [-0.2, 0) is 17.4 Å². The van der Waals surface area contributed by atoms with E-state index in [1.165, 1.54) is 0 Å². The van der Waals surface area contributed by atoms with Crippen LogP contribution in [0.25, 0.3) is 0 Å². The van der Waals surface area contributed by atoms with Crippen LogP contribution in [0.4, 0.5) is 18.9 Å². The zero-order valence-corrected chi connectivity index (χ0v) is 12.6. The molecule has 0 aliphatic rings. The number of carbonyl (C=O) groups excluding carboxylic acids is 1. The summed E-state index contributed by atoms with van der Waals surface area (Å²) >= 11 is 11.5. The van der Waals surface area contributed by atoms with Crippen LogP contribution >= 0.6 is 23.2 Å². The van der Waals surface area contributed by atoms with Crippen molar-refractivity contribution in [3.63, 3.8) is 0 Å². The first-order valence-electron chi connectivity index (χ1n) is 6.17. The lowest BCUT2D eigenvalue weighted by Gasteiger charge is -2.11. The number of benzene rings is 2. The first-order valence-corrected chi connectivity index (χ1v) is 6.92.